The highest BCUT2D eigenvalue weighted by atomic mass is 15.1. The van der Waals surface area contributed by atoms with Gasteiger partial charge in [0.15, 0.2) is 0 Å². The Hall–Kier alpha value is -3.26. The molecule has 140 valence electrons. The average Bonchev–Trinajstić information content (AvgIpc) is 2.97. The van der Waals surface area contributed by atoms with Crippen molar-refractivity contribution < 1.29 is 0 Å². The molecule has 1 aliphatic rings. The van der Waals surface area contributed by atoms with Crippen molar-refractivity contribution in [2.75, 3.05) is 4.90 Å². The second kappa shape index (κ2) is 6.67. The van der Waals surface area contributed by atoms with Crippen molar-refractivity contribution in [3.63, 3.8) is 0 Å². The van der Waals surface area contributed by atoms with Gasteiger partial charge in [0.2, 0.25) is 0 Å². The highest BCUT2D eigenvalue weighted by molar-refractivity contribution is 6.32. The fraction of sp³-hybridized carbons (Fsp3) is 0.111. The summed E-state index contributed by atoms with van der Waals surface area (Å²) in [5, 5.41) is 0. The Balaban J connectivity index is 1.70. The Bertz CT molecular complexity index is 1190. The van der Waals surface area contributed by atoms with Crippen LogP contribution in [0.3, 0.4) is 0 Å². The molecule has 0 fully saturated rings. The summed E-state index contributed by atoms with van der Waals surface area (Å²) < 4.78 is 0. The number of anilines is 3. The van der Waals surface area contributed by atoms with Gasteiger partial charge in [-0.2, -0.15) is 0 Å². The van der Waals surface area contributed by atoms with Gasteiger partial charge in [0.25, 0.3) is 0 Å². The van der Waals surface area contributed by atoms with Gasteiger partial charge in [-0.1, -0.05) is 80.0 Å². The van der Waals surface area contributed by atoms with Crippen molar-refractivity contribution in [2.45, 2.75) is 19.3 Å². The molecule has 4 aromatic rings. The second-order valence-corrected chi connectivity index (χ2v) is 8.41. The Kier molecular flexibility index (Phi) is 4.10. The van der Waals surface area contributed by atoms with E-state index in [0.29, 0.717) is 0 Å². The SMILES string of the molecule is Bc1cccc(N(c2ccccc2)c2ccc3c(c2)C(C)(C)c2ccccc2-3)c1. The van der Waals surface area contributed by atoms with Crippen LogP contribution in [0.5, 0.6) is 0 Å². The summed E-state index contributed by atoms with van der Waals surface area (Å²) in [5.41, 5.74) is 10.3. The number of fused-ring (bicyclic) bond motifs is 3. The largest absolute Gasteiger partial charge is 0.311 e. The van der Waals surface area contributed by atoms with Crippen LogP contribution in [0.2, 0.25) is 0 Å². The molecule has 2 heteroatoms. The molecule has 0 unspecified atom stereocenters. The first-order chi connectivity index (χ1) is 14.1. The van der Waals surface area contributed by atoms with Gasteiger partial charge in [0, 0.05) is 22.5 Å². The van der Waals surface area contributed by atoms with Crippen LogP contribution in [0.1, 0.15) is 25.0 Å². The predicted octanol–water partition coefficient (Wildman–Crippen LogP) is 5.72. The number of hydrogen-bond donors (Lipinski definition) is 0. The molecule has 0 spiro atoms. The Morgan fingerprint density at radius 3 is 2.03 bits per heavy atom. The Labute approximate surface area is 174 Å². The second-order valence-electron chi connectivity index (χ2n) is 8.41. The molecule has 0 radical (unpaired) electrons. The van der Waals surface area contributed by atoms with Crippen molar-refractivity contribution in [1.82, 2.24) is 0 Å². The lowest BCUT2D eigenvalue weighted by atomic mass is 9.82. The first kappa shape index (κ1) is 17.8. The lowest BCUT2D eigenvalue weighted by molar-refractivity contribution is 0.660. The summed E-state index contributed by atoms with van der Waals surface area (Å²) in [4.78, 5) is 2.35. The minimum Gasteiger partial charge on any atom is -0.311 e. The molecule has 29 heavy (non-hydrogen) atoms. The van der Waals surface area contributed by atoms with Gasteiger partial charge in [-0.15, -0.1) is 0 Å². The van der Waals surface area contributed by atoms with Crippen LogP contribution in [0.15, 0.2) is 97.1 Å². The van der Waals surface area contributed by atoms with Crippen LogP contribution in [-0.2, 0) is 5.41 Å². The highest BCUT2D eigenvalue weighted by Crippen LogP contribution is 2.50. The lowest BCUT2D eigenvalue weighted by Gasteiger charge is -2.28. The normalized spacial score (nSPS) is 13.6. The maximum absolute atomic E-state index is 2.38. The van der Waals surface area contributed by atoms with Gasteiger partial charge < -0.3 is 4.90 Å². The van der Waals surface area contributed by atoms with E-state index in [0.717, 1.165) is 0 Å². The quantitative estimate of drug-likeness (QED) is 0.415. The summed E-state index contributed by atoms with van der Waals surface area (Å²) in [5.74, 6) is 0. The Morgan fingerprint density at radius 2 is 1.24 bits per heavy atom. The van der Waals surface area contributed by atoms with Gasteiger partial charge in [-0.25, -0.2) is 0 Å². The monoisotopic (exact) mass is 373 g/mol. The van der Waals surface area contributed by atoms with Crippen LogP contribution in [-0.4, -0.2) is 7.85 Å². The maximum atomic E-state index is 2.38. The molecule has 5 rings (SSSR count). The number of para-hydroxylation sites is 1. The first-order valence-electron chi connectivity index (χ1n) is 10.2. The summed E-state index contributed by atoms with van der Waals surface area (Å²) in [7, 11) is 2.15. The zero-order valence-electron chi connectivity index (χ0n) is 17.2. The molecule has 0 aromatic heterocycles. The highest BCUT2D eigenvalue weighted by Gasteiger charge is 2.35. The average molecular weight is 373 g/mol. The van der Waals surface area contributed by atoms with Gasteiger partial charge in [-0.05, 0) is 58.7 Å². The fourth-order valence-corrected chi connectivity index (χ4v) is 4.62. The number of rotatable bonds is 3. The molecular weight excluding hydrogens is 349 g/mol. The van der Waals surface area contributed by atoms with Crippen LogP contribution in [0.4, 0.5) is 17.1 Å². The third-order valence-electron chi connectivity index (χ3n) is 6.10. The molecule has 0 aliphatic heterocycles. The Morgan fingerprint density at radius 1 is 0.586 bits per heavy atom. The maximum Gasteiger partial charge on any atom is 0.139 e. The summed E-state index contributed by atoms with van der Waals surface area (Å²) in [6.45, 7) is 4.67. The lowest BCUT2D eigenvalue weighted by Crippen LogP contribution is -2.17. The smallest absolute Gasteiger partial charge is 0.139 e. The molecule has 0 atom stereocenters. The standard InChI is InChI=1S/C27H24BN/c1-27(2)25-14-7-6-13-23(25)24-16-15-22(18-26(24)27)29(20-10-4-3-5-11-20)21-12-8-9-19(28)17-21/h3-18H,28H2,1-2H3. The van der Waals surface area contributed by atoms with Crippen molar-refractivity contribution in [2.24, 2.45) is 0 Å². The zero-order valence-corrected chi connectivity index (χ0v) is 17.2. The fourth-order valence-electron chi connectivity index (χ4n) is 4.62. The summed E-state index contributed by atoms with van der Waals surface area (Å²) >= 11 is 0. The van der Waals surface area contributed by atoms with Gasteiger partial charge >= 0.3 is 0 Å². The molecule has 0 heterocycles. The topological polar surface area (TPSA) is 3.24 Å². The van der Waals surface area contributed by atoms with E-state index in [1.807, 2.05) is 0 Å². The van der Waals surface area contributed by atoms with E-state index in [1.54, 1.807) is 0 Å². The van der Waals surface area contributed by atoms with E-state index in [2.05, 4.69) is 124 Å². The predicted molar refractivity (Wildman–Crippen MR) is 127 cm³/mol. The number of nitrogens with zero attached hydrogens (tertiary/aromatic N) is 1. The van der Waals surface area contributed by atoms with Gasteiger partial charge in [0.05, 0.1) is 0 Å². The third-order valence-corrected chi connectivity index (χ3v) is 6.10. The molecule has 0 amide bonds. The molecule has 0 saturated heterocycles. The van der Waals surface area contributed by atoms with Crippen molar-refractivity contribution >= 4 is 30.4 Å². The molecule has 0 N–H and O–H groups in total. The van der Waals surface area contributed by atoms with Crippen molar-refractivity contribution in [1.29, 1.82) is 0 Å². The molecule has 0 saturated carbocycles. The van der Waals surface area contributed by atoms with E-state index in [-0.39, 0.29) is 5.41 Å². The number of benzene rings is 4. The van der Waals surface area contributed by atoms with Crippen molar-refractivity contribution in [3.8, 4) is 11.1 Å². The van der Waals surface area contributed by atoms with Crippen LogP contribution < -0.4 is 10.4 Å². The van der Waals surface area contributed by atoms with Gasteiger partial charge in [0.1, 0.15) is 7.85 Å². The van der Waals surface area contributed by atoms with E-state index in [9.17, 15) is 0 Å². The van der Waals surface area contributed by atoms with E-state index < -0.39 is 0 Å². The van der Waals surface area contributed by atoms with E-state index in [1.165, 1.54) is 44.8 Å². The minimum absolute atomic E-state index is 0.00308. The van der Waals surface area contributed by atoms with Crippen molar-refractivity contribution in [3.05, 3.63) is 108 Å². The van der Waals surface area contributed by atoms with Gasteiger partial charge in [-0.3, -0.25) is 0 Å². The third kappa shape index (κ3) is 2.87. The van der Waals surface area contributed by atoms with Crippen LogP contribution >= 0.6 is 0 Å². The molecular formula is C27H24BN. The number of hydrogen-bond acceptors (Lipinski definition) is 1. The molecule has 4 aromatic carbocycles. The first-order valence-corrected chi connectivity index (χ1v) is 10.2. The van der Waals surface area contributed by atoms with Crippen LogP contribution in [0.25, 0.3) is 11.1 Å². The summed E-state index contributed by atoms with van der Waals surface area (Å²) in [6, 6.07) is 35.1. The van der Waals surface area contributed by atoms with E-state index in [4.69, 9.17) is 0 Å². The zero-order chi connectivity index (χ0) is 20.0. The van der Waals surface area contributed by atoms with E-state index >= 15 is 0 Å². The molecule has 0 bridgehead atoms. The summed E-state index contributed by atoms with van der Waals surface area (Å²) in [6.07, 6.45) is 0. The molecule has 1 nitrogen and oxygen atoms in total. The van der Waals surface area contributed by atoms with Crippen LogP contribution in [0, 0.1) is 0 Å². The molecule has 1 aliphatic carbocycles. The minimum atomic E-state index is -0.00308.